The van der Waals surface area contributed by atoms with Gasteiger partial charge in [0.15, 0.2) is 0 Å². The number of nitrogens with zero attached hydrogens (tertiary/aromatic N) is 1. The molecule has 4 heteroatoms. The third-order valence-electron chi connectivity index (χ3n) is 3.97. The Morgan fingerprint density at radius 1 is 1.21 bits per heavy atom. The van der Waals surface area contributed by atoms with Crippen LogP contribution in [0.15, 0.2) is 0 Å². The minimum atomic E-state index is -0.857. The van der Waals surface area contributed by atoms with E-state index in [4.69, 9.17) is 11.5 Å². The van der Waals surface area contributed by atoms with E-state index in [0.717, 1.165) is 19.4 Å². The molecule has 4 N–H and O–H groups in total. The molecule has 4 nitrogen and oxygen atoms in total. The Kier molecular flexibility index (Phi) is 9.02. The van der Waals surface area contributed by atoms with Crippen LogP contribution >= 0.6 is 0 Å². The highest BCUT2D eigenvalue weighted by atomic mass is 16.1. The first-order valence-electron chi connectivity index (χ1n) is 7.68. The Morgan fingerprint density at radius 2 is 1.79 bits per heavy atom. The van der Waals surface area contributed by atoms with Crippen molar-refractivity contribution in [2.75, 3.05) is 13.1 Å². The molecule has 0 aliphatic carbocycles. The van der Waals surface area contributed by atoms with Crippen molar-refractivity contribution in [1.82, 2.24) is 4.90 Å². The van der Waals surface area contributed by atoms with Gasteiger partial charge in [0, 0.05) is 6.04 Å². The lowest BCUT2D eigenvalue weighted by Crippen LogP contribution is -2.49. The molecule has 0 aliphatic rings. The van der Waals surface area contributed by atoms with Gasteiger partial charge in [-0.15, -0.1) is 0 Å². The van der Waals surface area contributed by atoms with Gasteiger partial charge in [0.25, 0.3) is 0 Å². The van der Waals surface area contributed by atoms with Crippen molar-refractivity contribution >= 4 is 5.91 Å². The molecular weight excluding hydrogens is 238 g/mol. The van der Waals surface area contributed by atoms with Crippen LogP contribution < -0.4 is 11.5 Å². The molecule has 0 spiro atoms. The van der Waals surface area contributed by atoms with Crippen molar-refractivity contribution in [3.63, 3.8) is 0 Å². The van der Waals surface area contributed by atoms with Crippen molar-refractivity contribution in [1.29, 1.82) is 0 Å². The third-order valence-corrected chi connectivity index (χ3v) is 3.97. The summed E-state index contributed by atoms with van der Waals surface area (Å²) in [4.78, 5) is 13.7. The van der Waals surface area contributed by atoms with E-state index < -0.39 is 11.4 Å². The van der Waals surface area contributed by atoms with Gasteiger partial charge in [0.2, 0.25) is 5.91 Å². The van der Waals surface area contributed by atoms with E-state index in [1.807, 2.05) is 0 Å². The van der Waals surface area contributed by atoms with E-state index in [1.165, 1.54) is 25.8 Å². The van der Waals surface area contributed by atoms with Crippen LogP contribution in [-0.4, -0.2) is 35.5 Å². The van der Waals surface area contributed by atoms with Gasteiger partial charge in [-0.05, 0) is 59.0 Å². The molecule has 0 fully saturated rings. The summed E-state index contributed by atoms with van der Waals surface area (Å²) in [7, 11) is 0. The molecular formula is C15H33N3O. The van der Waals surface area contributed by atoms with Crippen LogP contribution in [0.2, 0.25) is 0 Å². The van der Waals surface area contributed by atoms with E-state index in [2.05, 4.69) is 25.7 Å². The quantitative estimate of drug-likeness (QED) is 0.566. The van der Waals surface area contributed by atoms with Crippen LogP contribution in [0.25, 0.3) is 0 Å². The van der Waals surface area contributed by atoms with Crippen LogP contribution in [0.3, 0.4) is 0 Å². The minimum absolute atomic E-state index is 0.405. The average Bonchev–Trinajstić information content (AvgIpc) is 2.36. The van der Waals surface area contributed by atoms with Gasteiger partial charge in [0.05, 0.1) is 5.54 Å². The smallest absolute Gasteiger partial charge is 0.237 e. The zero-order valence-electron chi connectivity index (χ0n) is 13.2. The van der Waals surface area contributed by atoms with Gasteiger partial charge in [0.1, 0.15) is 0 Å². The molecule has 0 aromatic heterocycles. The van der Waals surface area contributed by atoms with E-state index >= 15 is 0 Å². The van der Waals surface area contributed by atoms with Crippen molar-refractivity contribution in [3.8, 4) is 0 Å². The summed E-state index contributed by atoms with van der Waals surface area (Å²) >= 11 is 0. The van der Waals surface area contributed by atoms with E-state index in [9.17, 15) is 4.79 Å². The second-order valence-corrected chi connectivity index (χ2v) is 5.89. The maximum absolute atomic E-state index is 11.1. The number of rotatable bonds is 11. The molecule has 0 saturated heterocycles. The third kappa shape index (κ3) is 7.53. The Labute approximate surface area is 118 Å². The summed E-state index contributed by atoms with van der Waals surface area (Å²) in [6.07, 6.45) is 6.36. The largest absolute Gasteiger partial charge is 0.368 e. The fraction of sp³-hybridized carbons (Fsp3) is 0.933. The minimum Gasteiger partial charge on any atom is -0.368 e. The molecule has 0 aromatic carbocycles. The first kappa shape index (κ1) is 18.4. The number of unbranched alkanes of at least 4 members (excludes halogenated alkanes) is 2. The van der Waals surface area contributed by atoms with E-state index in [-0.39, 0.29) is 0 Å². The fourth-order valence-corrected chi connectivity index (χ4v) is 2.10. The maximum Gasteiger partial charge on any atom is 0.237 e. The molecule has 19 heavy (non-hydrogen) atoms. The summed E-state index contributed by atoms with van der Waals surface area (Å²) in [5.74, 6) is -0.405. The molecule has 1 amide bonds. The number of primary amides is 1. The van der Waals surface area contributed by atoms with Gasteiger partial charge < -0.3 is 16.4 Å². The van der Waals surface area contributed by atoms with E-state index in [1.54, 1.807) is 6.92 Å². The molecule has 0 radical (unpaired) electrons. The Balaban J connectivity index is 4.02. The van der Waals surface area contributed by atoms with Crippen LogP contribution in [-0.2, 0) is 4.79 Å². The summed E-state index contributed by atoms with van der Waals surface area (Å²) < 4.78 is 0. The number of hydrogen-bond acceptors (Lipinski definition) is 3. The summed E-state index contributed by atoms with van der Waals surface area (Å²) in [6.45, 7) is 10.7. The standard InChI is InChI=1S/C15H33N3O/c1-5-7-11-18(13(3)6-2)12-9-8-10-15(4,17)14(16)19/h13H,5-12,17H2,1-4H3,(H2,16,19). The lowest BCUT2D eigenvalue weighted by Gasteiger charge is -2.29. The molecule has 114 valence electrons. The van der Waals surface area contributed by atoms with Gasteiger partial charge in [-0.2, -0.15) is 0 Å². The summed E-state index contributed by atoms with van der Waals surface area (Å²) in [6, 6.07) is 0.631. The normalized spacial score (nSPS) is 16.3. The monoisotopic (exact) mass is 271 g/mol. The highest BCUT2D eigenvalue weighted by Gasteiger charge is 2.24. The first-order chi connectivity index (χ1) is 8.85. The summed E-state index contributed by atoms with van der Waals surface area (Å²) in [5.41, 5.74) is 10.3. The molecule has 0 bridgehead atoms. The Bertz CT molecular complexity index is 254. The van der Waals surface area contributed by atoms with E-state index in [0.29, 0.717) is 12.5 Å². The van der Waals surface area contributed by atoms with Crippen molar-refractivity contribution in [2.24, 2.45) is 11.5 Å². The predicted octanol–water partition coefficient (Wildman–Crippen LogP) is 2.26. The fourth-order valence-electron chi connectivity index (χ4n) is 2.10. The lowest BCUT2D eigenvalue weighted by atomic mass is 9.95. The average molecular weight is 271 g/mol. The Hall–Kier alpha value is -0.610. The Morgan fingerprint density at radius 3 is 2.26 bits per heavy atom. The van der Waals surface area contributed by atoms with Crippen LogP contribution in [0.1, 0.15) is 66.2 Å². The molecule has 0 saturated carbocycles. The molecule has 0 heterocycles. The van der Waals surface area contributed by atoms with Crippen LogP contribution in [0, 0.1) is 0 Å². The zero-order valence-corrected chi connectivity index (χ0v) is 13.2. The highest BCUT2D eigenvalue weighted by Crippen LogP contribution is 2.13. The van der Waals surface area contributed by atoms with Crippen molar-refractivity contribution in [2.45, 2.75) is 77.8 Å². The lowest BCUT2D eigenvalue weighted by molar-refractivity contribution is -0.122. The maximum atomic E-state index is 11.1. The second kappa shape index (κ2) is 9.32. The van der Waals surface area contributed by atoms with Gasteiger partial charge in [-0.25, -0.2) is 0 Å². The van der Waals surface area contributed by atoms with Gasteiger partial charge in [-0.3, -0.25) is 4.79 Å². The second-order valence-electron chi connectivity index (χ2n) is 5.89. The molecule has 0 aromatic rings. The van der Waals surface area contributed by atoms with Crippen molar-refractivity contribution < 1.29 is 4.79 Å². The number of carbonyl (C=O) groups excluding carboxylic acids is 1. The van der Waals surface area contributed by atoms with Gasteiger partial charge in [-0.1, -0.05) is 20.3 Å². The number of nitrogens with two attached hydrogens (primary N) is 2. The number of amides is 1. The first-order valence-corrected chi connectivity index (χ1v) is 7.68. The van der Waals surface area contributed by atoms with Crippen molar-refractivity contribution in [3.05, 3.63) is 0 Å². The topological polar surface area (TPSA) is 72.3 Å². The number of carbonyl (C=O) groups is 1. The zero-order chi connectivity index (χ0) is 14.9. The predicted molar refractivity (Wildman–Crippen MR) is 81.9 cm³/mol. The highest BCUT2D eigenvalue weighted by molar-refractivity contribution is 5.83. The van der Waals surface area contributed by atoms with Crippen LogP contribution in [0.4, 0.5) is 0 Å². The summed E-state index contributed by atoms with van der Waals surface area (Å²) in [5, 5.41) is 0. The number of hydrogen-bond donors (Lipinski definition) is 2. The molecule has 2 unspecified atom stereocenters. The SMILES string of the molecule is CCCCN(CCCCC(C)(N)C(N)=O)C(C)CC. The molecule has 0 rings (SSSR count). The molecule has 2 atom stereocenters. The van der Waals surface area contributed by atoms with Gasteiger partial charge >= 0.3 is 0 Å². The van der Waals surface area contributed by atoms with Crippen LogP contribution in [0.5, 0.6) is 0 Å². The molecule has 0 aliphatic heterocycles.